The molecule has 0 aliphatic carbocycles. The third kappa shape index (κ3) is 5.61. The molecule has 1 aromatic rings. The Hall–Kier alpha value is -1.56. The topological polar surface area (TPSA) is 66.5 Å². The van der Waals surface area contributed by atoms with Gasteiger partial charge >= 0.3 is 0 Å². The second-order valence-corrected chi connectivity index (χ2v) is 6.53. The van der Waals surface area contributed by atoms with Crippen molar-refractivity contribution in [2.24, 2.45) is 0 Å². The zero-order valence-corrected chi connectivity index (χ0v) is 12.8. The van der Waals surface area contributed by atoms with Crippen molar-refractivity contribution in [2.45, 2.75) is 26.2 Å². The fourth-order valence-corrected chi connectivity index (χ4v) is 2.73. The van der Waals surface area contributed by atoms with Crippen LogP contribution in [-0.2, 0) is 14.8 Å². The van der Waals surface area contributed by atoms with Crippen LogP contribution in [0.3, 0.4) is 0 Å². The summed E-state index contributed by atoms with van der Waals surface area (Å²) in [5.41, 5.74) is 0.609. The van der Waals surface area contributed by atoms with Crippen molar-refractivity contribution in [3.05, 3.63) is 30.3 Å². The number of para-hydroxylation sites is 1. The summed E-state index contributed by atoms with van der Waals surface area (Å²) in [7, 11) is -3.35. The van der Waals surface area contributed by atoms with Gasteiger partial charge < -0.3 is 5.32 Å². The summed E-state index contributed by atoms with van der Waals surface area (Å²) < 4.78 is 24.9. The standard InChI is InChI=1S/C14H22N2O3S/c1-3-4-10-14(17)15-11-12-16(20(2,18)19)13-8-6-5-7-9-13/h5-9H,3-4,10-12H2,1-2H3,(H,15,17). The minimum absolute atomic E-state index is 0.0339. The zero-order chi connectivity index (χ0) is 15.0. The molecule has 20 heavy (non-hydrogen) atoms. The zero-order valence-electron chi connectivity index (χ0n) is 12.0. The van der Waals surface area contributed by atoms with Gasteiger partial charge in [-0.3, -0.25) is 9.10 Å². The maximum Gasteiger partial charge on any atom is 0.232 e. The van der Waals surface area contributed by atoms with E-state index in [0.29, 0.717) is 18.7 Å². The molecule has 5 nitrogen and oxygen atoms in total. The number of hydrogen-bond acceptors (Lipinski definition) is 3. The number of anilines is 1. The molecule has 0 aliphatic heterocycles. The van der Waals surface area contributed by atoms with Crippen LogP contribution in [0.2, 0.25) is 0 Å². The average molecular weight is 298 g/mol. The minimum atomic E-state index is -3.35. The maximum atomic E-state index is 11.8. The van der Waals surface area contributed by atoms with Crippen molar-refractivity contribution in [3.8, 4) is 0 Å². The molecule has 1 rings (SSSR count). The van der Waals surface area contributed by atoms with Gasteiger partial charge in [-0.15, -0.1) is 0 Å². The molecule has 6 heteroatoms. The van der Waals surface area contributed by atoms with E-state index < -0.39 is 10.0 Å². The molecular formula is C14H22N2O3S. The van der Waals surface area contributed by atoms with Gasteiger partial charge in [-0.05, 0) is 18.6 Å². The van der Waals surface area contributed by atoms with Crippen LogP contribution in [0.1, 0.15) is 26.2 Å². The summed E-state index contributed by atoms with van der Waals surface area (Å²) in [6.07, 6.45) is 3.47. The monoisotopic (exact) mass is 298 g/mol. The predicted octanol–water partition coefficient (Wildman–Crippen LogP) is 1.76. The van der Waals surface area contributed by atoms with E-state index in [-0.39, 0.29) is 12.5 Å². The van der Waals surface area contributed by atoms with Gasteiger partial charge in [-0.25, -0.2) is 8.42 Å². The third-order valence-corrected chi connectivity index (χ3v) is 4.03. The molecule has 1 aromatic carbocycles. The molecule has 0 radical (unpaired) electrons. The number of amides is 1. The van der Waals surface area contributed by atoms with Gasteiger partial charge in [0, 0.05) is 13.0 Å². The smallest absolute Gasteiger partial charge is 0.232 e. The van der Waals surface area contributed by atoms with Gasteiger partial charge in [0.05, 0.1) is 18.5 Å². The van der Waals surface area contributed by atoms with Crippen molar-refractivity contribution in [1.82, 2.24) is 5.32 Å². The number of rotatable bonds is 8. The van der Waals surface area contributed by atoms with Crippen LogP contribution < -0.4 is 9.62 Å². The highest BCUT2D eigenvalue weighted by Gasteiger charge is 2.16. The number of carbonyl (C=O) groups is 1. The first-order valence-electron chi connectivity index (χ1n) is 6.74. The second kappa shape index (κ2) is 7.89. The summed E-state index contributed by atoms with van der Waals surface area (Å²) in [6.45, 7) is 2.57. The van der Waals surface area contributed by atoms with Crippen molar-refractivity contribution in [1.29, 1.82) is 0 Å². The van der Waals surface area contributed by atoms with Crippen LogP contribution in [0.5, 0.6) is 0 Å². The number of benzene rings is 1. The molecule has 0 spiro atoms. The van der Waals surface area contributed by atoms with Gasteiger partial charge in [0.1, 0.15) is 0 Å². The molecule has 0 aliphatic rings. The molecule has 0 fully saturated rings. The molecule has 0 bridgehead atoms. The highest BCUT2D eigenvalue weighted by Crippen LogP contribution is 2.15. The van der Waals surface area contributed by atoms with E-state index in [4.69, 9.17) is 0 Å². The number of hydrogen-bond donors (Lipinski definition) is 1. The van der Waals surface area contributed by atoms with Crippen LogP contribution in [0.4, 0.5) is 5.69 Å². The third-order valence-electron chi connectivity index (χ3n) is 2.84. The van der Waals surface area contributed by atoms with Gasteiger partial charge in [0.25, 0.3) is 0 Å². The van der Waals surface area contributed by atoms with Crippen LogP contribution in [0.15, 0.2) is 30.3 Å². The summed E-state index contributed by atoms with van der Waals surface area (Å²) >= 11 is 0. The van der Waals surface area contributed by atoms with Crippen LogP contribution in [-0.4, -0.2) is 33.7 Å². The number of carbonyl (C=O) groups excluding carboxylic acids is 1. The minimum Gasteiger partial charge on any atom is -0.354 e. The van der Waals surface area contributed by atoms with E-state index in [9.17, 15) is 13.2 Å². The summed E-state index contributed by atoms with van der Waals surface area (Å²) in [5.74, 6) is -0.0339. The lowest BCUT2D eigenvalue weighted by Gasteiger charge is -2.22. The average Bonchev–Trinajstić information content (AvgIpc) is 2.41. The first-order chi connectivity index (χ1) is 9.45. The molecule has 0 heterocycles. The molecule has 0 saturated heterocycles. The normalized spacial score (nSPS) is 11.1. The SMILES string of the molecule is CCCCC(=O)NCCN(c1ccccc1)S(C)(=O)=O. The molecule has 112 valence electrons. The largest absolute Gasteiger partial charge is 0.354 e. The Kier molecular flexibility index (Phi) is 6.51. The Labute approximate surface area is 121 Å². The quantitative estimate of drug-likeness (QED) is 0.795. The molecule has 0 atom stereocenters. The van der Waals surface area contributed by atoms with Gasteiger partial charge in [-0.2, -0.15) is 0 Å². The first-order valence-corrected chi connectivity index (χ1v) is 8.59. The van der Waals surface area contributed by atoms with E-state index in [1.54, 1.807) is 24.3 Å². The molecule has 1 amide bonds. The number of nitrogens with one attached hydrogen (secondary N) is 1. The summed E-state index contributed by atoms with van der Waals surface area (Å²) in [6, 6.07) is 8.87. The first kappa shape index (κ1) is 16.5. The van der Waals surface area contributed by atoms with Crippen LogP contribution in [0.25, 0.3) is 0 Å². The predicted molar refractivity (Wildman–Crippen MR) is 81.2 cm³/mol. The number of sulfonamides is 1. The number of nitrogens with zero attached hydrogens (tertiary/aromatic N) is 1. The van der Waals surface area contributed by atoms with E-state index in [0.717, 1.165) is 12.8 Å². The molecule has 0 aromatic heterocycles. The summed E-state index contributed by atoms with van der Waals surface area (Å²) in [4.78, 5) is 11.5. The van der Waals surface area contributed by atoms with Crippen molar-refractivity contribution in [3.63, 3.8) is 0 Å². The van der Waals surface area contributed by atoms with E-state index >= 15 is 0 Å². The van der Waals surface area contributed by atoms with Crippen molar-refractivity contribution < 1.29 is 13.2 Å². The fraction of sp³-hybridized carbons (Fsp3) is 0.500. The van der Waals surface area contributed by atoms with Crippen molar-refractivity contribution in [2.75, 3.05) is 23.7 Å². The lowest BCUT2D eigenvalue weighted by molar-refractivity contribution is -0.121. The number of unbranched alkanes of at least 4 members (excludes halogenated alkanes) is 1. The highest BCUT2D eigenvalue weighted by atomic mass is 32.2. The summed E-state index contributed by atoms with van der Waals surface area (Å²) in [5, 5.41) is 2.74. The van der Waals surface area contributed by atoms with Gasteiger partial charge in [0.2, 0.25) is 15.9 Å². The van der Waals surface area contributed by atoms with E-state index in [1.807, 2.05) is 13.0 Å². The van der Waals surface area contributed by atoms with E-state index in [1.165, 1.54) is 10.6 Å². The Morgan fingerprint density at radius 1 is 1.25 bits per heavy atom. The molecule has 0 saturated carbocycles. The Bertz CT molecular complexity index is 514. The Morgan fingerprint density at radius 3 is 2.45 bits per heavy atom. The Balaban J connectivity index is 2.58. The van der Waals surface area contributed by atoms with Gasteiger partial charge in [-0.1, -0.05) is 31.5 Å². The van der Waals surface area contributed by atoms with Crippen LogP contribution in [0, 0.1) is 0 Å². The molecular weight excluding hydrogens is 276 g/mol. The van der Waals surface area contributed by atoms with Gasteiger partial charge in [0.15, 0.2) is 0 Å². The lowest BCUT2D eigenvalue weighted by atomic mass is 10.2. The van der Waals surface area contributed by atoms with Crippen molar-refractivity contribution >= 4 is 21.6 Å². The fourth-order valence-electron chi connectivity index (χ4n) is 1.80. The highest BCUT2D eigenvalue weighted by molar-refractivity contribution is 7.92. The Morgan fingerprint density at radius 2 is 1.90 bits per heavy atom. The lowest BCUT2D eigenvalue weighted by Crippen LogP contribution is -2.38. The molecule has 0 unspecified atom stereocenters. The molecule has 1 N–H and O–H groups in total. The second-order valence-electron chi connectivity index (χ2n) is 4.62. The maximum absolute atomic E-state index is 11.8. The van der Waals surface area contributed by atoms with Crippen LogP contribution >= 0.6 is 0 Å². The van der Waals surface area contributed by atoms with E-state index in [2.05, 4.69) is 5.32 Å².